The van der Waals surface area contributed by atoms with Crippen LogP contribution in [0.5, 0.6) is 5.88 Å². The molecule has 0 bridgehead atoms. The second-order valence-electron chi connectivity index (χ2n) is 15.8. The number of rotatable bonds is 9. The van der Waals surface area contributed by atoms with Gasteiger partial charge in [-0.2, -0.15) is 5.10 Å². The zero-order valence-corrected chi connectivity index (χ0v) is 29.4. The van der Waals surface area contributed by atoms with Crippen molar-refractivity contribution >= 4 is 23.7 Å². The summed E-state index contributed by atoms with van der Waals surface area (Å²) in [6, 6.07) is 5.40. The van der Waals surface area contributed by atoms with Crippen LogP contribution in [-0.4, -0.2) is 61.0 Å². The summed E-state index contributed by atoms with van der Waals surface area (Å²) in [6.45, 7) is 22.9. The molecule has 0 aromatic carbocycles. The summed E-state index contributed by atoms with van der Waals surface area (Å²) in [5, 5.41) is 18.1. The summed E-state index contributed by atoms with van der Waals surface area (Å²) in [7, 11) is 0. The van der Waals surface area contributed by atoms with Crippen molar-refractivity contribution in [2.45, 2.75) is 156 Å². The van der Waals surface area contributed by atoms with Crippen LogP contribution in [-0.2, 0) is 15.0 Å². The van der Waals surface area contributed by atoms with Gasteiger partial charge in [0.05, 0.1) is 29.1 Å². The average Bonchev–Trinajstić information content (AvgIpc) is 3.47. The Bertz CT molecular complexity index is 1320. The molecule has 0 saturated heterocycles. The Morgan fingerprint density at radius 1 is 1.02 bits per heavy atom. The second-order valence-corrected chi connectivity index (χ2v) is 15.8. The van der Waals surface area contributed by atoms with Crippen LogP contribution in [0.4, 0.5) is 21.1 Å². The van der Waals surface area contributed by atoms with Crippen LogP contribution in [0.3, 0.4) is 0 Å². The lowest BCUT2D eigenvalue weighted by molar-refractivity contribution is 0.0458. The molecule has 2 aromatic heterocycles. The van der Waals surface area contributed by atoms with Crippen molar-refractivity contribution in [3.63, 3.8) is 0 Å². The van der Waals surface area contributed by atoms with E-state index < -0.39 is 34.5 Å². The predicted molar refractivity (Wildman–Crippen MR) is 175 cm³/mol. The first kappa shape index (κ1) is 36.1. The summed E-state index contributed by atoms with van der Waals surface area (Å²) >= 11 is 0. The Labute approximate surface area is 269 Å². The van der Waals surface area contributed by atoms with Gasteiger partial charge >= 0.3 is 12.2 Å². The van der Waals surface area contributed by atoms with E-state index in [0.29, 0.717) is 36.6 Å². The number of aliphatic hydroxyl groups is 1. The Morgan fingerprint density at radius 2 is 1.67 bits per heavy atom. The largest absolute Gasteiger partial charge is 0.475 e. The van der Waals surface area contributed by atoms with Gasteiger partial charge in [0.2, 0.25) is 5.88 Å². The summed E-state index contributed by atoms with van der Waals surface area (Å²) in [6.07, 6.45) is 3.50. The summed E-state index contributed by atoms with van der Waals surface area (Å²) < 4.78 is 19.4. The predicted octanol–water partition coefficient (Wildman–Crippen LogP) is 7.59. The van der Waals surface area contributed by atoms with Gasteiger partial charge in [-0.15, -0.1) is 0 Å². The number of ether oxygens (including phenoxy) is 3. The normalized spacial score (nSPS) is 18.3. The molecule has 45 heavy (non-hydrogen) atoms. The molecule has 11 nitrogen and oxygen atoms in total. The number of aromatic nitrogens is 3. The Hall–Kier alpha value is -3.34. The lowest BCUT2D eigenvalue weighted by Gasteiger charge is -2.31. The first-order valence-electron chi connectivity index (χ1n) is 16.0. The third-order valence-corrected chi connectivity index (χ3v) is 7.29. The maximum absolute atomic E-state index is 13.9. The number of carbonyl (C=O) groups is 2. The van der Waals surface area contributed by atoms with Crippen LogP contribution in [0.1, 0.15) is 127 Å². The quantitative estimate of drug-likeness (QED) is 0.290. The molecule has 2 heterocycles. The van der Waals surface area contributed by atoms with Crippen molar-refractivity contribution in [2.75, 3.05) is 4.90 Å². The summed E-state index contributed by atoms with van der Waals surface area (Å²) in [4.78, 5) is 32.1. The van der Waals surface area contributed by atoms with E-state index in [0.717, 1.165) is 18.5 Å². The molecule has 2 N–H and O–H groups in total. The van der Waals surface area contributed by atoms with Crippen molar-refractivity contribution in [3.8, 4) is 5.88 Å². The van der Waals surface area contributed by atoms with Crippen LogP contribution < -0.4 is 15.0 Å². The van der Waals surface area contributed by atoms with Gasteiger partial charge in [0.25, 0.3) is 0 Å². The van der Waals surface area contributed by atoms with Gasteiger partial charge in [-0.05, 0) is 121 Å². The minimum Gasteiger partial charge on any atom is -0.475 e. The number of carbonyl (C=O) groups excluding carboxylic acids is 2. The second kappa shape index (κ2) is 13.6. The van der Waals surface area contributed by atoms with Crippen LogP contribution in [0.25, 0.3) is 0 Å². The van der Waals surface area contributed by atoms with Gasteiger partial charge in [-0.25, -0.2) is 24.2 Å². The maximum Gasteiger partial charge on any atom is 0.420 e. The Balaban J connectivity index is 1.88. The number of anilines is 2. The van der Waals surface area contributed by atoms with Gasteiger partial charge in [0.1, 0.15) is 17.0 Å². The molecule has 3 rings (SSSR count). The van der Waals surface area contributed by atoms with Crippen molar-refractivity contribution in [2.24, 2.45) is 0 Å². The zero-order chi connectivity index (χ0) is 34.0. The Morgan fingerprint density at radius 3 is 2.22 bits per heavy atom. The highest BCUT2D eigenvalue weighted by Gasteiger charge is 2.34. The van der Waals surface area contributed by atoms with Gasteiger partial charge in [0, 0.05) is 29.8 Å². The van der Waals surface area contributed by atoms with Crippen molar-refractivity contribution in [3.05, 3.63) is 30.1 Å². The van der Waals surface area contributed by atoms with E-state index >= 15 is 0 Å². The molecule has 1 aliphatic rings. The van der Waals surface area contributed by atoms with E-state index in [1.807, 2.05) is 93.8 Å². The molecule has 1 saturated carbocycles. The number of nitrogens with zero attached hydrogens (tertiary/aromatic N) is 4. The number of pyridine rings is 1. The molecule has 0 aliphatic heterocycles. The standard InChI is InChI=1S/C34H55N5O6/c1-22(15-17-34(11,12)36-29(41)44-32(5,6)7)43-27-20-24(16-18-35-27)38(30(42)45-33(8,9)10)28-21-26(23-13-14-25(40)19-23)37-39(28)31(2,3)4/h16,18,20-23,25,40H,13-15,17,19H2,1-12H3,(H,36,41)/t22?,23-,25+/m0/s1. The van der Waals surface area contributed by atoms with Crippen molar-refractivity contribution in [1.29, 1.82) is 0 Å². The summed E-state index contributed by atoms with van der Waals surface area (Å²) in [5.74, 6) is 1.02. The van der Waals surface area contributed by atoms with E-state index in [2.05, 4.69) is 10.3 Å². The molecule has 252 valence electrons. The lowest BCUT2D eigenvalue weighted by atomic mass is 9.97. The number of aliphatic hydroxyl groups excluding tert-OH is 1. The van der Waals surface area contributed by atoms with Gasteiger partial charge in [-0.3, -0.25) is 0 Å². The van der Waals surface area contributed by atoms with Crippen molar-refractivity contribution < 1.29 is 28.9 Å². The molecular formula is C34H55N5O6. The first-order chi connectivity index (χ1) is 20.5. The minimum absolute atomic E-state index is 0.106. The average molecular weight is 630 g/mol. The van der Waals surface area contributed by atoms with Gasteiger partial charge in [-0.1, -0.05) is 0 Å². The molecule has 3 atom stereocenters. The van der Waals surface area contributed by atoms with Gasteiger partial charge < -0.3 is 24.6 Å². The number of nitrogens with one attached hydrogen (secondary N) is 1. The SMILES string of the molecule is CC(CCC(C)(C)NC(=O)OC(C)(C)C)Oc1cc(N(C(=O)OC(C)(C)C)c2cc([C@H]3CC[C@@H](O)C3)nn2C(C)(C)C)ccn1. The molecule has 11 heteroatoms. The Kier molecular flexibility index (Phi) is 10.9. The minimum atomic E-state index is -0.735. The molecule has 2 aromatic rings. The van der Waals surface area contributed by atoms with E-state index in [4.69, 9.17) is 19.3 Å². The molecule has 0 spiro atoms. The molecule has 0 radical (unpaired) electrons. The monoisotopic (exact) mass is 629 g/mol. The topological polar surface area (TPSA) is 128 Å². The van der Waals surface area contributed by atoms with Crippen LogP contribution >= 0.6 is 0 Å². The highest BCUT2D eigenvalue weighted by atomic mass is 16.6. The third-order valence-electron chi connectivity index (χ3n) is 7.29. The fourth-order valence-corrected chi connectivity index (χ4v) is 5.18. The zero-order valence-electron chi connectivity index (χ0n) is 29.4. The number of amides is 2. The molecular weight excluding hydrogens is 574 g/mol. The fraction of sp³-hybridized carbons (Fsp3) is 0.706. The van der Waals surface area contributed by atoms with E-state index in [-0.39, 0.29) is 18.1 Å². The van der Waals surface area contributed by atoms with Crippen LogP contribution in [0, 0.1) is 0 Å². The van der Waals surface area contributed by atoms with E-state index in [9.17, 15) is 14.7 Å². The number of hydrogen-bond donors (Lipinski definition) is 2. The van der Waals surface area contributed by atoms with E-state index in [1.165, 1.54) is 4.90 Å². The molecule has 1 unspecified atom stereocenters. The molecule has 1 fully saturated rings. The van der Waals surface area contributed by atoms with Crippen LogP contribution in [0.2, 0.25) is 0 Å². The maximum atomic E-state index is 13.9. The highest BCUT2D eigenvalue weighted by Crippen LogP contribution is 2.39. The third kappa shape index (κ3) is 10.9. The highest BCUT2D eigenvalue weighted by molar-refractivity contribution is 5.95. The fourth-order valence-electron chi connectivity index (χ4n) is 5.18. The van der Waals surface area contributed by atoms with Gasteiger partial charge in [0.15, 0.2) is 0 Å². The summed E-state index contributed by atoms with van der Waals surface area (Å²) in [5.41, 5.74) is -0.913. The smallest absolute Gasteiger partial charge is 0.420 e. The molecule has 2 amide bonds. The number of alkyl carbamates (subject to hydrolysis) is 1. The molecule has 1 aliphatic carbocycles. The van der Waals surface area contributed by atoms with Crippen molar-refractivity contribution in [1.82, 2.24) is 20.1 Å². The lowest BCUT2D eigenvalue weighted by Crippen LogP contribution is -2.46. The van der Waals surface area contributed by atoms with Crippen LogP contribution in [0.15, 0.2) is 24.4 Å². The van der Waals surface area contributed by atoms with E-state index in [1.54, 1.807) is 18.3 Å². The first-order valence-corrected chi connectivity index (χ1v) is 16.0. The number of hydrogen-bond acceptors (Lipinski definition) is 8.